The Hall–Kier alpha value is -3.68. The Morgan fingerprint density at radius 3 is 2.59 bits per heavy atom. The number of fused-ring (bicyclic) bond motifs is 1. The van der Waals surface area contributed by atoms with Gasteiger partial charge in [-0.15, -0.1) is 0 Å². The molecule has 1 aliphatic heterocycles. The molecular formula is C21H18N2O6. The van der Waals surface area contributed by atoms with E-state index in [-0.39, 0.29) is 41.9 Å². The van der Waals surface area contributed by atoms with E-state index in [0.29, 0.717) is 17.1 Å². The van der Waals surface area contributed by atoms with Gasteiger partial charge < -0.3 is 15.2 Å². The maximum absolute atomic E-state index is 13.1. The lowest BCUT2D eigenvalue weighted by molar-refractivity contribution is -0.132. The number of carbonyl (C=O) groups excluding carboxylic acids is 4. The summed E-state index contributed by atoms with van der Waals surface area (Å²) in [5, 5.41) is 13.0. The van der Waals surface area contributed by atoms with Gasteiger partial charge in [0.1, 0.15) is 5.78 Å². The molecule has 1 saturated carbocycles. The van der Waals surface area contributed by atoms with E-state index >= 15 is 0 Å². The highest BCUT2D eigenvalue weighted by molar-refractivity contribution is 6.25. The molecule has 0 aromatic heterocycles. The quantitative estimate of drug-likeness (QED) is 0.605. The molecule has 2 amide bonds. The first kappa shape index (κ1) is 18.7. The van der Waals surface area contributed by atoms with Crippen molar-refractivity contribution in [2.24, 2.45) is 0 Å². The van der Waals surface area contributed by atoms with Crippen LogP contribution in [0.5, 0.6) is 11.5 Å². The summed E-state index contributed by atoms with van der Waals surface area (Å²) in [4.78, 5) is 50.7. The van der Waals surface area contributed by atoms with Crippen LogP contribution in [0.15, 0.2) is 36.4 Å². The van der Waals surface area contributed by atoms with E-state index in [2.05, 4.69) is 5.32 Å². The van der Waals surface area contributed by atoms with E-state index in [4.69, 9.17) is 4.74 Å². The zero-order chi connectivity index (χ0) is 20.7. The number of nitrogens with zero attached hydrogens (tertiary/aromatic N) is 1. The Bertz CT molecular complexity index is 1060. The van der Waals surface area contributed by atoms with Crippen LogP contribution in [0.2, 0.25) is 0 Å². The summed E-state index contributed by atoms with van der Waals surface area (Å²) < 4.78 is 5.02. The highest BCUT2D eigenvalue weighted by Crippen LogP contribution is 2.36. The van der Waals surface area contributed by atoms with Crippen LogP contribution in [0.1, 0.15) is 40.0 Å². The molecule has 4 rings (SSSR count). The Morgan fingerprint density at radius 2 is 1.90 bits per heavy atom. The minimum absolute atomic E-state index is 0.0772. The molecule has 29 heavy (non-hydrogen) atoms. The number of phenols is 1. The lowest BCUT2D eigenvalue weighted by atomic mass is 9.92. The molecule has 0 radical (unpaired) electrons. The zero-order valence-corrected chi connectivity index (χ0v) is 15.6. The fourth-order valence-corrected chi connectivity index (χ4v) is 3.75. The molecule has 1 fully saturated rings. The van der Waals surface area contributed by atoms with E-state index in [1.807, 2.05) is 0 Å². The van der Waals surface area contributed by atoms with Gasteiger partial charge in [-0.2, -0.15) is 0 Å². The van der Waals surface area contributed by atoms with Crippen molar-refractivity contribution in [3.8, 4) is 11.5 Å². The number of carbonyl (C=O) groups is 4. The molecule has 1 unspecified atom stereocenters. The second-order valence-corrected chi connectivity index (χ2v) is 6.96. The number of methoxy groups -OCH3 is 1. The van der Waals surface area contributed by atoms with Crippen LogP contribution in [0, 0.1) is 0 Å². The monoisotopic (exact) mass is 394 g/mol. The van der Waals surface area contributed by atoms with Crippen LogP contribution in [-0.4, -0.2) is 46.5 Å². The van der Waals surface area contributed by atoms with Crippen molar-refractivity contribution in [3.63, 3.8) is 0 Å². The molecule has 0 spiro atoms. The van der Waals surface area contributed by atoms with Crippen LogP contribution in [-0.2, 0) is 9.59 Å². The number of rotatable bonds is 4. The summed E-state index contributed by atoms with van der Waals surface area (Å²) in [6.07, 6.45) is 0.0621. The molecule has 8 heteroatoms. The Kier molecular flexibility index (Phi) is 4.54. The predicted molar refractivity (Wildman–Crippen MR) is 103 cm³/mol. The molecular weight excluding hydrogens is 376 g/mol. The molecule has 8 nitrogen and oxygen atoms in total. The first-order valence-electron chi connectivity index (χ1n) is 9.10. The molecule has 2 N–H and O–H groups in total. The van der Waals surface area contributed by atoms with Crippen molar-refractivity contribution in [3.05, 3.63) is 47.5 Å². The molecule has 1 heterocycles. The minimum atomic E-state index is -0.919. The molecule has 2 aromatic carbocycles. The summed E-state index contributed by atoms with van der Waals surface area (Å²) in [5.74, 6) is -1.48. The fourth-order valence-electron chi connectivity index (χ4n) is 3.75. The van der Waals surface area contributed by atoms with Crippen LogP contribution >= 0.6 is 0 Å². The third kappa shape index (κ3) is 3.12. The number of anilines is 2. The first-order chi connectivity index (χ1) is 13.9. The highest BCUT2D eigenvalue weighted by atomic mass is 16.5. The molecule has 1 atom stereocenters. The number of hydrogen-bond donors (Lipinski definition) is 2. The van der Waals surface area contributed by atoms with Gasteiger partial charge in [0.05, 0.1) is 36.4 Å². The van der Waals surface area contributed by atoms with Crippen LogP contribution in [0.3, 0.4) is 0 Å². The van der Waals surface area contributed by atoms with Crippen LogP contribution in [0.4, 0.5) is 11.4 Å². The van der Waals surface area contributed by atoms with Gasteiger partial charge in [-0.3, -0.25) is 24.1 Å². The molecule has 0 bridgehead atoms. The largest absolute Gasteiger partial charge is 0.504 e. The van der Waals surface area contributed by atoms with Gasteiger partial charge in [0.15, 0.2) is 17.3 Å². The van der Waals surface area contributed by atoms with Crippen LogP contribution in [0.25, 0.3) is 0 Å². The first-order valence-corrected chi connectivity index (χ1v) is 9.10. The molecule has 0 saturated heterocycles. The lowest BCUT2D eigenvalue weighted by Gasteiger charge is -2.27. The third-order valence-electron chi connectivity index (χ3n) is 5.16. The number of hydrogen-bond acceptors (Lipinski definition) is 7. The van der Waals surface area contributed by atoms with Gasteiger partial charge in [-0.25, -0.2) is 0 Å². The summed E-state index contributed by atoms with van der Waals surface area (Å²) in [6.45, 7) is 0. The van der Waals surface area contributed by atoms with Crippen molar-refractivity contribution < 1.29 is 29.0 Å². The number of amides is 2. The standard InChI is InChI=1S/C21H18N2O6/c1-29-18-8-5-11(9-17(18)26)22-14-4-2-3-13-19(14)21(28)23(20(13)27)15-7-6-12(24)10-16(15)25/h2-5,8-9,15,22,26H,6-7,10H2,1H3. The van der Waals surface area contributed by atoms with Crippen molar-refractivity contribution >= 4 is 34.8 Å². The average molecular weight is 394 g/mol. The number of ketones is 2. The van der Waals surface area contributed by atoms with Gasteiger partial charge in [0.25, 0.3) is 11.8 Å². The average Bonchev–Trinajstić information content (AvgIpc) is 2.94. The number of nitrogens with one attached hydrogen (secondary N) is 1. The van der Waals surface area contributed by atoms with Gasteiger partial charge >= 0.3 is 0 Å². The number of Topliss-reactive ketones (excluding diaryl/α,β-unsaturated/α-hetero) is 2. The summed E-state index contributed by atoms with van der Waals surface area (Å²) in [5.41, 5.74) is 1.24. The predicted octanol–water partition coefficient (Wildman–Crippen LogP) is 2.43. The van der Waals surface area contributed by atoms with Crippen molar-refractivity contribution in [2.75, 3.05) is 12.4 Å². The molecule has 1 aliphatic carbocycles. The second kappa shape index (κ2) is 7.05. The molecule has 148 valence electrons. The van der Waals surface area contributed by atoms with E-state index in [1.54, 1.807) is 24.3 Å². The Balaban J connectivity index is 1.67. The fraction of sp³-hybridized carbons (Fsp3) is 0.238. The smallest absolute Gasteiger partial charge is 0.264 e. The zero-order valence-electron chi connectivity index (χ0n) is 15.6. The van der Waals surface area contributed by atoms with E-state index in [1.165, 1.54) is 19.2 Å². The maximum Gasteiger partial charge on any atom is 0.264 e. The summed E-state index contributed by atoms with van der Waals surface area (Å²) >= 11 is 0. The minimum Gasteiger partial charge on any atom is -0.504 e. The third-order valence-corrected chi connectivity index (χ3v) is 5.16. The molecule has 2 aromatic rings. The summed E-state index contributed by atoms with van der Waals surface area (Å²) in [6, 6.07) is 8.55. The van der Waals surface area contributed by atoms with Crippen molar-refractivity contribution in [1.82, 2.24) is 4.90 Å². The van der Waals surface area contributed by atoms with Crippen LogP contribution < -0.4 is 10.1 Å². The Morgan fingerprint density at radius 1 is 1.10 bits per heavy atom. The van der Waals surface area contributed by atoms with E-state index in [0.717, 1.165) is 4.90 Å². The second-order valence-electron chi connectivity index (χ2n) is 6.96. The lowest BCUT2D eigenvalue weighted by Crippen LogP contribution is -2.47. The van der Waals surface area contributed by atoms with E-state index < -0.39 is 23.6 Å². The number of ether oxygens (including phenoxy) is 1. The van der Waals surface area contributed by atoms with Crippen molar-refractivity contribution in [2.45, 2.75) is 25.3 Å². The van der Waals surface area contributed by atoms with Gasteiger partial charge in [-0.1, -0.05) is 6.07 Å². The van der Waals surface area contributed by atoms with E-state index in [9.17, 15) is 24.3 Å². The van der Waals surface area contributed by atoms with Gasteiger partial charge in [0, 0.05) is 18.2 Å². The van der Waals surface area contributed by atoms with Crippen molar-refractivity contribution in [1.29, 1.82) is 0 Å². The topological polar surface area (TPSA) is 113 Å². The van der Waals surface area contributed by atoms with Gasteiger partial charge in [-0.05, 0) is 30.7 Å². The number of benzene rings is 2. The number of imide groups is 1. The SMILES string of the molecule is COc1ccc(Nc2cccc3c2C(=O)N(C2CCC(=O)CC2=O)C3=O)cc1O. The Labute approximate surface area is 166 Å². The normalized spacial score (nSPS) is 18.8. The number of phenolic OH excluding ortho intramolecular Hbond substituents is 1. The van der Waals surface area contributed by atoms with Gasteiger partial charge in [0.2, 0.25) is 0 Å². The molecule has 2 aliphatic rings. The summed E-state index contributed by atoms with van der Waals surface area (Å²) in [7, 11) is 1.44. The number of aromatic hydroxyl groups is 1. The maximum atomic E-state index is 13.1. The highest BCUT2D eigenvalue weighted by Gasteiger charge is 2.45.